The van der Waals surface area contributed by atoms with Gasteiger partial charge in [-0.3, -0.25) is 13.9 Å². The molecule has 0 spiro atoms. The normalized spacial score (nSPS) is 11.8. The first-order valence-corrected chi connectivity index (χ1v) is 17.0. The van der Waals surface area contributed by atoms with Crippen LogP contribution in [0.15, 0.2) is 102 Å². The van der Waals surface area contributed by atoms with Crippen LogP contribution in [0.1, 0.15) is 30.5 Å². The van der Waals surface area contributed by atoms with E-state index in [1.54, 1.807) is 49.6 Å². The zero-order chi connectivity index (χ0) is 34.8. The molecule has 1 atom stereocenters. The van der Waals surface area contributed by atoms with Gasteiger partial charge in [0, 0.05) is 25.1 Å². The Balaban J connectivity index is 1.88. The number of carbonyl (C=O) groups is 2. The molecule has 0 aromatic heterocycles. The minimum Gasteiger partial charge on any atom is -0.497 e. The van der Waals surface area contributed by atoms with Gasteiger partial charge in [0.15, 0.2) is 0 Å². The van der Waals surface area contributed by atoms with Crippen LogP contribution >= 0.6 is 0 Å². The molecule has 0 heterocycles. The number of anilines is 1. The first-order valence-electron chi connectivity index (χ1n) is 15.5. The summed E-state index contributed by atoms with van der Waals surface area (Å²) in [4.78, 5) is 30.1. The fraction of sp³-hybridized carbons (Fsp3) is 0.297. The highest BCUT2D eigenvalue weighted by molar-refractivity contribution is 7.92. The molecule has 4 aromatic carbocycles. The quantitative estimate of drug-likeness (QED) is 0.180. The summed E-state index contributed by atoms with van der Waals surface area (Å²) in [5.74, 6) is 0.205. The van der Waals surface area contributed by atoms with Crippen molar-refractivity contribution in [1.29, 1.82) is 0 Å². The Morgan fingerprint density at radius 2 is 1.42 bits per heavy atom. The van der Waals surface area contributed by atoms with Crippen LogP contribution in [0, 0.1) is 6.92 Å². The van der Waals surface area contributed by atoms with Crippen LogP contribution in [0.2, 0.25) is 0 Å². The molecule has 1 N–H and O–H groups in total. The van der Waals surface area contributed by atoms with Crippen molar-refractivity contribution in [2.75, 3.05) is 32.2 Å². The highest BCUT2D eigenvalue weighted by Gasteiger charge is 2.36. The molecule has 0 bridgehead atoms. The van der Waals surface area contributed by atoms with Gasteiger partial charge in [0.05, 0.1) is 31.9 Å². The third kappa shape index (κ3) is 8.86. The van der Waals surface area contributed by atoms with E-state index in [-0.39, 0.29) is 41.2 Å². The highest BCUT2D eigenvalue weighted by Crippen LogP contribution is 2.36. The van der Waals surface area contributed by atoms with Crippen LogP contribution in [0.5, 0.6) is 17.2 Å². The maximum Gasteiger partial charge on any atom is 0.264 e. The minimum atomic E-state index is -4.33. The molecule has 0 radical (unpaired) electrons. The molecule has 0 aliphatic heterocycles. The number of hydrogen-bond donors (Lipinski definition) is 1. The number of methoxy groups -OCH3 is 3. The van der Waals surface area contributed by atoms with Crippen molar-refractivity contribution in [3.8, 4) is 17.2 Å². The molecule has 48 heavy (non-hydrogen) atoms. The molecule has 4 rings (SSSR count). The predicted octanol–water partition coefficient (Wildman–Crippen LogP) is 5.38. The number of aryl methyl sites for hydroxylation is 1. The molecule has 4 aromatic rings. The largest absolute Gasteiger partial charge is 0.497 e. The Morgan fingerprint density at radius 3 is 2.04 bits per heavy atom. The number of rotatable bonds is 15. The van der Waals surface area contributed by atoms with Gasteiger partial charge in [-0.2, -0.15) is 0 Å². The summed E-state index contributed by atoms with van der Waals surface area (Å²) < 4.78 is 46.3. The summed E-state index contributed by atoms with van der Waals surface area (Å²) in [6, 6.07) is 26.5. The van der Waals surface area contributed by atoms with Gasteiger partial charge in [0.25, 0.3) is 10.0 Å². The van der Waals surface area contributed by atoms with Gasteiger partial charge in [-0.25, -0.2) is 8.42 Å². The summed E-state index contributed by atoms with van der Waals surface area (Å²) in [6.45, 7) is 4.91. The summed E-state index contributed by atoms with van der Waals surface area (Å²) in [5, 5.41) is 2.96. The average Bonchev–Trinajstić information content (AvgIpc) is 3.08. The van der Waals surface area contributed by atoms with Crippen LogP contribution in [0.4, 0.5) is 5.69 Å². The first-order chi connectivity index (χ1) is 23.0. The Morgan fingerprint density at radius 1 is 0.771 bits per heavy atom. The number of nitrogens with zero attached hydrogens (tertiary/aromatic N) is 2. The molecule has 0 fully saturated rings. The summed E-state index contributed by atoms with van der Waals surface area (Å²) >= 11 is 0. The number of sulfonamides is 1. The molecule has 10 nitrogen and oxygen atoms in total. The van der Waals surface area contributed by atoms with E-state index in [4.69, 9.17) is 14.2 Å². The third-order valence-electron chi connectivity index (χ3n) is 7.73. The monoisotopic (exact) mass is 673 g/mol. The van der Waals surface area contributed by atoms with Crippen molar-refractivity contribution in [2.45, 2.75) is 50.7 Å². The summed E-state index contributed by atoms with van der Waals surface area (Å²) in [7, 11) is 0.0995. The van der Waals surface area contributed by atoms with Crippen LogP contribution in [0.25, 0.3) is 0 Å². The average molecular weight is 674 g/mol. The molecular weight excluding hydrogens is 630 g/mol. The van der Waals surface area contributed by atoms with Crippen molar-refractivity contribution in [3.05, 3.63) is 114 Å². The van der Waals surface area contributed by atoms with E-state index in [0.29, 0.717) is 17.1 Å². The number of amides is 2. The molecule has 0 unspecified atom stereocenters. The SMILES string of the molecule is COc1cccc(CN(C(=O)CN(c2cc(OC)ccc2OC)S(=O)(=O)c2ccc(C)cc2)[C@@H](Cc2ccccc2)C(=O)NC(C)C)c1. The molecule has 0 aliphatic carbocycles. The maximum absolute atomic E-state index is 14.7. The third-order valence-corrected chi connectivity index (χ3v) is 9.51. The second-order valence-electron chi connectivity index (χ2n) is 11.6. The number of nitrogens with one attached hydrogen (secondary N) is 1. The van der Waals surface area contributed by atoms with Gasteiger partial charge in [0.1, 0.15) is 29.8 Å². The molecule has 0 saturated heterocycles. The predicted molar refractivity (Wildman–Crippen MR) is 186 cm³/mol. The van der Waals surface area contributed by atoms with Crippen molar-refractivity contribution in [1.82, 2.24) is 10.2 Å². The van der Waals surface area contributed by atoms with E-state index in [2.05, 4.69) is 5.32 Å². The van der Waals surface area contributed by atoms with Crippen LogP contribution in [-0.4, -0.2) is 65.1 Å². The number of carbonyl (C=O) groups excluding carboxylic acids is 2. The van der Waals surface area contributed by atoms with Crippen LogP contribution in [0.3, 0.4) is 0 Å². The lowest BCUT2D eigenvalue weighted by molar-refractivity contribution is -0.140. The Hall–Kier alpha value is -5.03. The number of ether oxygens (including phenoxy) is 3. The van der Waals surface area contributed by atoms with E-state index in [1.165, 1.54) is 37.3 Å². The molecule has 0 saturated carbocycles. The Kier molecular flexibility index (Phi) is 12.1. The van der Waals surface area contributed by atoms with Crippen LogP contribution in [-0.2, 0) is 32.6 Å². The van der Waals surface area contributed by atoms with Gasteiger partial charge < -0.3 is 24.4 Å². The lowest BCUT2D eigenvalue weighted by Crippen LogP contribution is -2.54. The summed E-state index contributed by atoms with van der Waals surface area (Å²) in [5.41, 5.74) is 2.52. The summed E-state index contributed by atoms with van der Waals surface area (Å²) in [6.07, 6.45) is 0.197. The van der Waals surface area contributed by atoms with E-state index in [9.17, 15) is 18.0 Å². The Labute approximate surface area is 283 Å². The minimum absolute atomic E-state index is 0.00666. The first kappa shape index (κ1) is 35.8. The van der Waals surface area contributed by atoms with Gasteiger partial charge >= 0.3 is 0 Å². The Bertz CT molecular complexity index is 1800. The van der Waals surface area contributed by atoms with Gasteiger partial charge in [-0.1, -0.05) is 60.2 Å². The van der Waals surface area contributed by atoms with Crippen molar-refractivity contribution in [3.63, 3.8) is 0 Å². The lowest BCUT2D eigenvalue weighted by atomic mass is 10.0. The molecular formula is C37H43N3O7S. The van der Waals surface area contributed by atoms with E-state index >= 15 is 0 Å². The van der Waals surface area contributed by atoms with Crippen molar-refractivity contribution < 1.29 is 32.2 Å². The van der Waals surface area contributed by atoms with E-state index in [0.717, 1.165) is 15.4 Å². The topological polar surface area (TPSA) is 114 Å². The standard InChI is InChI=1S/C37H43N3O7S/c1-26(2)38-37(42)34(22-28-11-8-7-9-12-28)39(24-29-13-10-14-30(21-29)45-4)36(41)25-40(33-23-31(46-5)17-20-35(33)47-6)48(43,44)32-18-15-27(3)16-19-32/h7-21,23,26,34H,22,24-25H2,1-6H3,(H,38,42)/t34-/m0/s1. The fourth-order valence-corrected chi connectivity index (χ4v) is 6.66. The number of hydrogen-bond acceptors (Lipinski definition) is 7. The van der Waals surface area contributed by atoms with Gasteiger partial charge in [-0.15, -0.1) is 0 Å². The lowest BCUT2D eigenvalue weighted by Gasteiger charge is -2.34. The molecule has 2 amide bonds. The van der Waals surface area contributed by atoms with Crippen molar-refractivity contribution >= 4 is 27.5 Å². The van der Waals surface area contributed by atoms with Gasteiger partial charge in [0.2, 0.25) is 11.8 Å². The zero-order valence-electron chi connectivity index (χ0n) is 28.2. The molecule has 0 aliphatic rings. The van der Waals surface area contributed by atoms with Gasteiger partial charge in [-0.05, 0) is 68.3 Å². The highest BCUT2D eigenvalue weighted by atomic mass is 32.2. The van der Waals surface area contributed by atoms with E-state index in [1.807, 2.05) is 57.2 Å². The second-order valence-corrected chi connectivity index (χ2v) is 13.5. The zero-order valence-corrected chi connectivity index (χ0v) is 29.0. The maximum atomic E-state index is 14.7. The van der Waals surface area contributed by atoms with Crippen molar-refractivity contribution in [2.24, 2.45) is 0 Å². The number of benzene rings is 4. The van der Waals surface area contributed by atoms with E-state index < -0.39 is 28.5 Å². The smallest absolute Gasteiger partial charge is 0.264 e. The molecule has 254 valence electrons. The fourth-order valence-electron chi connectivity index (χ4n) is 5.24. The molecule has 11 heteroatoms. The van der Waals surface area contributed by atoms with Crippen LogP contribution < -0.4 is 23.8 Å². The second kappa shape index (κ2) is 16.2.